The lowest BCUT2D eigenvalue weighted by molar-refractivity contribution is -0.132. The Balaban J connectivity index is 1.23. The van der Waals surface area contributed by atoms with Gasteiger partial charge in [-0.2, -0.15) is 5.10 Å². The number of hydrazone groups is 1. The minimum Gasteiger partial charge on any atom is -0.316 e. The molecule has 2 aromatic rings. The number of rotatable bonds is 4. The van der Waals surface area contributed by atoms with E-state index in [0.717, 1.165) is 34.6 Å². The van der Waals surface area contributed by atoms with E-state index in [9.17, 15) is 9.59 Å². The van der Waals surface area contributed by atoms with E-state index >= 15 is 0 Å². The van der Waals surface area contributed by atoms with Crippen LogP contribution in [-0.2, 0) is 17.9 Å². The molecule has 1 saturated carbocycles. The van der Waals surface area contributed by atoms with Gasteiger partial charge >= 0.3 is 6.03 Å². The summed E-state index contributed by atoms with van der Waals surface area (Å²) in [6.45, 7) is 1.92. The Morgan fingerprint density at radius 2 is 1.86 bits per heavy atom. The molecule has 0 radical (unpaired) electrons. The number of fused-ring (bicyclic) bond motifs is 1. The molecule has 1 aromatic heterocycles. The molecule has 0 spiro atoms. The van der Waals surface area contributed by atoms with Gasteiger partial charge in [-0.05, 0) is 53.6 Å². The molecule has 0 saturated heterocycles. The lowest BCUT2D eigenvalue weighted by Crippen LogP contribution is -2.33. The minimum absolute atomic E-state index is 0.117. The number of urea groups is 1. The fourth-order valence-corrected chi connectivity index (χ4v) is 3.81. The highest BCUT2D eigenvalue weighted by atomic mass is 16.2. The van der Waals surface area contributed by atoms with Gasteiger partial charge in [-0.25, -0.2) is 9.80 Å². The first-order chi connectivity index (χ1) is 14.2. The highest BCUT2D eigenvalue weighted by Gasteiger charge is 2.29. The highest BCUT2D eigenvalue weighted by Crippen LogP contribution is 2.31. The van der Waals surface area contributed by atoms with Crippen molar-refractivity contribution in [1.82, 2.24) is 14.9 Å². The molecule has 3 amide bonds. The zero-order valence-electron chi connectivity index (χ0n) is 16.2. The van der Waals surface area contributed by atoms with Crippen LogP contribution in [0.4, 0.5) is 10.5 Å². The summed E-state index contributed by atoms with van der Waals surface area (Å²) >= 11 is 0. The third-order valence-electron chi connectivity index (χ3n) is 5.72. The molecule has 7 nitrogen and oxygen atoms in total. The molecule has 148 valence electrons. The number of aromatic nitrogens is 1. The Hall–Kier alpha value is -3.22. The van der Waals surface area contributed by atoms with Crippen LogP contribution < -0.4 is 5.32 Å². The molecule has 1 aliphatic carbocycles. The second kappa shape index (κ2) is 7.31. The average Bonchev–Trinajstić information content (AvgIpc) is 3.44. The second-order valence-electron chi connectivity index (χ2n) is 7.97. The van der Waals surface area contributed by atoms with Crippen LogP contribution in [0.3, 0.4) is 0 Å². The van der Waals surface area contributed by atoms with Crippen LogP contribution in [0.2, 0.25) is 0 Å². The predicted molar refractivity (Wildman–Crippen MR) is 109 cm³/mol. The molecule has 7 heteroatoms. The van der Waals surface area contributed by atoms with Crippen molar-refractivity contribution in [3.8, 4) is 0 Å². The van der Waals surface area contributed by atoms with E-state index in [1.807, 2.05) is 36.5 Å². The number of benzene rings is 1. The van der Waals surface area contributed by atoms with E-state index in [4.69, 9.17) is 0 Å². The van der Waals surface area contributed by atoms with Crippen LogP contribution >= 0.6 is 0 Å². The minimum atomic E-state index is -0.120. The summed E-state index contributed by atoms with van der Waals surface area (Å²) in [5.74, 6) is 0.735. The van der Waals surface area contributed by atoms with Crippen LogP contribution in [0.15, 0.2) is 47.8 Å². The fourth-order valence-electron chi connectivity index (χ4n) is 3.81. The molecule has 5 rings (SSSR count). The number of hydrogen-bond acceptors (Lipinski definition) is 4. The van der Waals surface area contributed by atoms with Gasteiger partial charge in [0.05, 0.1) is 5.71 Å². The molecule has 1 N–H and O–H groups in total. The molecule has 1 fully saturated rings. The van der Waals surface area contributed by atoms with Gasteiger partial charge < -0.3 is 10.2 Å². The third-order valence-corrected chi connectivity index (χ3v) is 5.72. The van der Waals surface area contributed by atoms with Gasteiger partial charge in [-0.15, -0.1) is 0 Å². The summed E-state index contributed by atoms with van der Waals surface area (Å²) in [6.07, 6.45) is 7.13. The van der Waals surface area contributed by atoms with E-state index in [0.29, 0.717) is 31.8 Å². The molecule has 0 atom stereocenters. The summed E-state index contributed by atoms with van der Waals surface area (Å²) in [7, 11) is 0. The van der Waals surface area contributed by atoms with E-state index < -0.39 is 0 Å². The summed E-state index contributed by atoms with van der Waals surface area (Å²) in [6, 6.07) is 9.54. The third kappa shape index (κ3) is 3.85. The van der Waals surface area contributed by atoms with E-state index in [1.165, 1.54) is 12.8 Å². The normalized spacial score (nSPS) is 18.5. The van der Waals surface area contributed by atoms with Crippen molar-refractivity contribution in [2.24, 2.45) is 11.0 Å². The van der Waals surface area contributed by atoms with E-state index in [1.54, 1.807) is 16.1 Å². The highest BCUT2D eigenvalue weighted by molar-refractivity contribution is 6.04. The van der Waals surface area contributed by atoms with E-state index in [-0.39, 0.29) is 11.9 Å². The first kappa shape index (κ1) is 17.8. The first-order valence-electron chi connectivity index (χ1n) is 10.1. The molecule has 29 heavy (non-hydrogen) atoms. The summed E-state index contributed by atoms with van der Waals surface area (Å²) < 4.78 is 0. The largest absolute Gasteiger partial charge is 0.322 e. The molecule has 0 bridgehead atoms. The predicted octanol–water partition coefficient (Wildman–Crippen LogP) is 3.37. The Kier molecular flexibility index (Phi) is 4.50. The van der Waals surface area contributed by atoms with Gasteiger partial charge in [0.1, 0.15) is 0 Å². The van der Waals surface area contributed by atoms with Gasteiger partial charge in [-0.1, -0.05) is 12.1 Å². The first-order valence-corrected chi connectivity index (χ1v) is 10.1. The Morgan fingerprint density at radius 1 is 1.07 bits per heavy atom. The van der Waals surface area contributed by atoms with Gasteiger partial charge in [0.25, 0.3) is 0 Å². The number of amides is 3. The van der Waals surface area contributed by atoms with Crippen LogP contribution in [0.1, 0.15) is 42.4 Å². The van der Waals surface area contributed by atoms with Crippen LogP contribution in [0.25, 0.3) is 0 Å². The Labute approximate surface area is 169 Å². The quantitative estimate of drug-likeness (QED) is 0.871. The molecule has 2 aliphatic heterocycles. The standard InChI is InChI=1S/C22H23N5O2/c28-21-8-7-20(25-27(21)12-15-1-2-15)16-3-5-19(6-4-16)24-22(29)26-13-17-9-10-23-11-18(17)14-26/h3-6,9-11,15H,1-2,7-8,12-14H2,(H,24,29). The maximum Gasteiger partial charge on any atom is 0.322 e. The fraction of sp³-hybridized carbons (Fsp3) is 0.364. The van der Waals surface area contributed by atoms with Crippen LogP contribution in [0, 0.1) is 5.92 Å². The maximum absolute atomic E-state index is 12.6. The van der Waals surface area contributed by atoms with Gasteiger partial charge in [0.2, 0.25) is 5.91 Å². The number of nitrogens with zero attached hydrogens (tertiary/aromatic N) is 4. The Morgan fingerprint density at radius 3 is 2.62 bits per heavy atom. The molecule has 3 heterocycles. The summed E-state index contributed by atoms with van der Waals surface area (Å²) in [5, 5.41) is 9.19. The van der Waals surface area contributed by atoms with Crippen molar-refractivity contribution >= 4 is 23.3 Å². The number of hydrogen-bond donors (Lipinski definition) is 1. The molecule has 3 aliphatic rings. The summed E-state index contributed by atoms with van der Waals surface area (Å²) in [4.78, 5) is 30.6. The second-order valence-corrected chi connectivity index (χ2v) is 7.97. The number of carbonyl (C=O) groups excluding carboxylic acids is 2. The SMILES string of the molecule is O=C(Nc1ccc(C2=NN(CC3CC3)C(=O)CC2)cc1)N1Cc2ccncc2C1. The monoisotopic (exact) mass is 389 g/mol. The van der Waals surface area contributed by atoms with Crippen LogP contribution in [0.5, 0.6) is 0 Å². The molecule has 0 unspecified atom stereocenters. The van der Waals surface area contributed by atoms with Crippen molar-refractivity contribution < 1.29 is 9.59 Å². The van der Waals surface area contributed by atoms with Crippen molar-refractivity contribution in [3.63, 3.8) is 0 Å². The summed E-state index contributed by atoms with van der Waals surface area (Å²) in [5.41, 5.74) is 4.92. The van der Waals surface area contributed by atoms with Crippen molar-refractivity contribution in [1.29, 1.82) is 0 Å². The number of anilines is 1. The van der Waals surface area contributed by atoms with Crippen LogP contribution in [-0.4, -0.2) is 39.1 Å². The lowest BCUT2D eigenvalue weighted by atomic mass is 10.0. The maximum atomic E-state index is 12.6. The topological polar surface area (TPSA) is 77.9 Å². The van der Waals surface area contributed by atoms with Gasteiger partial charge in [0, 0.05) is 50.6 Å². The van der Waals surface area contributed by atoms with E-state index in [2.05, 4.69) is 15.4 Å². The molecule has 1 aromatic carbocycles. The number of nitrogens with one attached hydrogen (secondary N) is 1. The average molecular weight is 389 g/mol. The zero-order chi connectivity index (χ0) is 19.8. The number of pyridine rings is 1. The molecular weight excluding hydrogens is 366 g/mol. The Bertz CT molecular complexity index is 956. The van der Waals surface area contributed by atoms with Crippen molar-refractivity contribution in [2.75, 3.05) is 11.9 Å². The van der Waals surface area contributed by atoms with Gasteiger partial charge in [-0.3, -0.25) is 9.78 Å². The smallest absolute Gasteiger partial charge is 0.316 e. The van der Waals surface area contributed by atoms with Gasteiger partial charge in [0.15, 0.2) is 0 Å². The zero-order valence-corrected chi connectivity index (χ0v) is 16.2. The number of carbonyl (C=O) groups is 2. The molecular formula is C22H23N5O2. The van der Waals surface area contributed by atoms with Crippen molar-refractivity contribution in [3.05, 3.63) is 59.4 Å². The van der Waals surface area contributed by atoms with Crippen molar-refractivity contribution in [2.45, 2.75) is 38.8 Å². The lowest BCUT2D eigenvalue weighted by Gasteiger charge is -2.23.